The molecule has 2 unspecified atom stereocenters. The fraction of sp³-hybridized carbons (Fsp3) is 0.611. The molecule has 1 saturated carbocycles. The van der Waals surface area contributed by atoms with Crippen LogP contribution in [-0.2, 0) is 9.53 Å². The molecule has 0 aliphatic heterocycles. The summed E-state index contributed by atoms with van der Waals surface area (Å²) >= 11 is 0. The van der Waals surface area contributed by atoms with Gasteiger partial charge in [-0.3, -0.25) is 4.79 Å². The second kappa shape index (κ2) is 10.6. The lowest BCUT2D eigenvalue weighted by Gasteiger charge is -2.28. The van der Waals surface area contributed by atoms with Gasteiger partial charge < -0.3 is 15.8 Å². The fourth-order valence-electron chi connectivity index (χ4n) is 3.25. The Morgan fingerprint density at radius 3 is 2.52 bits per heavy atom. The summed E-state index contributed by atoms with van der Waals surface area (Å²) in [5, 5.41) is 3.12. The van der Waals surface area contributed by atoms with Crippen LogP contribution in [0, 0.1) is 5.92 Å². The van der Waals surface area contributed by atoms with Crippen LogP contribution in [0.5, 0.6) is 0 Å². The lowest BCUT2D eigenvalue weighted by molar-refractivity contribution is -0.124. The van der Waals surface area contributed by atoms with Crippen molar-refractivity contribution >= 4 is 18.3 Å². The minimum Gasteiger partial charge on any atom is -0.383 e. The Balaban J connectivity index is 0.00000264. The molecular formula is C18H29ClN2O2. The van der Waals surface area contributed by atoms with E-state index in [1.54, 1.807) is 7.11 Å². The zero-order valence-electron chi connectivity index (χ0n) is 13.9. The number of halogens is 1. The van der Waals surface area contributed by atoms with E-state index in [9.17, 15) is 4.79 Å². The lowest BCUT2D eigenvalue weighted by Crippen LogP contribution is -2.45. The van der Waals surface area contributed by atoms with E-state index in [1.165, 1.54) is 32.1 Å². The topological polar surface area (TPSA) is 64.3 Å². The first-order valence-corrected chi connectivity index (χ1v) is 8.30. The predicted molar refractivity (Wildman–Crippen MR) is 95.6 cm³/mol. The first-order valence-electron chi connectivity index (χ1n) is 8.30. The molecule has 1 aliphatic carbocycles. The van der Waals surface area contributed by atoms with Gasteiger partial charge in [-0.2, -0.15) is 0 Å². The van der Waals surface area contributed by atoms with E-state index in [4.69, 9.17) is 10.5 Å². The summed E-state index contributed by atoms with van der Waals surface area (Å²) in [6.45, 7) is 0.247. The minimum absolute atomic E-state index is 0. The van der Waals surface area contributed by atoms with Crippen LogP contribution in [0.4, 0.5) is 0 Å². The third-order valence-corrected chi connectivity index (χ3v) is 4.50. The van der Waals surface area contributed by atoms with Gasteiger partial charge in [-0.1, -0.05) is 62.4 Å². The molecule has 4 nitrogen and oxygen atoms in total. The summed E-state index contributed by atoms with van der Waals surface area (Å²) in [5.74, 6) is 0.560. The van der Waals surface area contributed by atoms with Gasteiger partial charge in [0.25, 0.3) is 0 Å². The van der Waals surface area contributed by atoms with E-state index in [1.807, 2.05) is 18.2 Å². The van der Waals surface area contributed by atoms with Gasteiger partial charge in [0.1, 0.15) is 6.04 Å². The Hall–Kier alpha value is -1.10. The van der Waals surface area contributed by atoms with Crippen molar-refractivity contribution < 1.29 is 9.53 Å². The molecule has 130 valence electrons. The van der Waals surface area contributed by atoms with Crippen LogP contribution in [0.2, 0.25) is 0 Å². The summed E-state index contributed by atoms with van der Waals surface area (Å²) in [4.78, 5) is 12.2. The van der Waals surface area contributed by atoms with Gasteiger partial charge in [0.2, 0.25) is 5.91 Å². The van der Waals surface area contributed by atoms with Crippen LogP contribution in [0.15, 0.2) is 30.3 Å². The number of hydrogen-bond acceptors (Lipinski definition) is 3. The van der Waals surface area contributed by atoms with Gasteiger partial charge in [0, 0.05) is 7.11 Å². The number of methoxy groups -OCH3 is 1. The van der Waals surface area contributed by atoms with E-state index in [0.29, 0.717) is 5.92 Å². The number of rotatable bonds is 7. The molecule has 1 amide bonds. The van der Waals surface area contributed by atoms with E-state index >= 15 is 0 Å². The summed E-state index contributed by atoms with van der Waals surface area (Å²) in [6.07, 6.45) is 7.49. The zero-order chi connectivity index (χ0) is 15.8. The van der Waals surface area contributed by atoms with E-state index in [2.05, 4.69) is 17.4 Å². The van der Waals surface area contributed by atoms with E-state index in [-0.39, 0.29) is 31.0 Å². The van der Waals surface area contributed by atoms with Crippen molar-refractivity contribution in [3.63, 3.8) is 0 Å². The maximum Gasteiger partial charge on any atom is 0.239 e. The van der Waals surface area contributed by atoms with Crippen LogP contribution < -0.4 is 11.1 Å². The third-order valence-electron chi connectivity index (χ3n) is 4.50. The average Bonchev–Trinajstić information content (AvgIpc) is 2.56. The van der Waals surface area contributed by atoms with Crippen molar-refractivity contribution in [2.45, 2.75) is 50.6 Å². The molecular weight excluding hydrogens is 312 g/mol. The number of carbonyl (C=O) groups excluding carboxylic acids is 1. The van der Waals surface area contributed by atoms with E-state index < -0.39 is 6.04 Å². The Labute approximate surface area is 145 Å². The highest BCUT2D eigenvalue weighted by atomic mass is 35.5. The predicted octanol–water partition coefficient (Wildman–Crippen LogP) is 3.21. The SMILES string of the molecule is COCC(N)C(=O)NC(CC1CCCCC1)c1ccccc1.Cl. The number of benzene rings is 1. The highest BCUT2D eigenvalue weighted by molar-refractivity contribution is 5.85. The van der Waals surface area contributed by atoms with Gasteiger partial charge in [-0.25, -0.2) is 0 Å². The van der Waals surface area contributed by atoms with Crippen molar-refractivity contribution in [2.75, 3.05) is 13.7 Å². The molecule has 0 spiro atoms. The van der Waals surface area contributed by atoms with Crippen molar-refractivity contribution in [1.29, 1.82) is 0 Å². The number of amides is 1. The molecule has 1 fully saturated rings. The third kappa shape index (κ3) is 6.50. The summed E-state index contributed by atoms with van der Waals surface area (Å²) in [6, 6.07) is 9.63. The van der Waals surface area contributed by atoms with Crippen LogP contribution in [0.1, 0.15) is 50.1 Å². The number of nitrogens with two attached hydrogens (primary N) is 1. The first-order chi connectivity index (χ1) is 10.7. The Morgan fingerprint density at radius 2 is 1.91 bits per heavy atom. The molecule has 1 aromatic carbocycles. The number of nitrogens with one attached hydrogen (secondary N) is 1. The molecule has 2 rings (SSSR count). The van der Waals surface area contributed by atoms with Gasteiger partial charge in [-0.05, 0) is 17.9 Å². The van der Waals surface area contributed by atoms with Crippen LogP contribution >= 0.6 is 12.4 Å². The van der Waals surface area contributed by atoms with E-state index in [0.717, 1.165) is 12.0 Å². The zero-order valence-corrected chi connectivity index (χ0v) is 14.7. The van der Waals surface area contributed by atoms with Crippen molar-refractivity contribution in [1.82, 2.24) is 5.32 Å². The highest BCUT2D eigenvalue weighted by Gasteiger charge is 2.23. The number of ether oxygens (including phenoxy) is 1. The van der Waals surface area contributed by atoms with Crippen molar-refractivity contribution in [3.8, 4) is 0 Å². The quantitative estimate of drug-likeness (QED) is 0.801. The maximum absolute atomic E-state index is 12.2. The first kappa shape index (κ1) is 19.9. The van der Waals surface area contributed by atoms with Crippen molar-refractivity contribution in [3.05, 3.63) is 35.9 Å². The number of carbonyl (C=O) groups is 1. The number of hydrogen-bond donors (Lipinski definition) is 2. The maximum atomic E-state index is 12.2. The molecule has 0 aromatic heterocycles. The van der Waals surface area contributed by atoms with Gasteiger partial charge >= 0.3 is 0 Å². The summed E-state index contributed by atoms with van der Waals surface area (Å²) < 4.78 is 4.98. The van der Waals surface area contributed by atoms with Crippen LogP contribution in [-0.4, -0.2) is 25.7 Å². The second-order valence-electron chi connectivity index (χ2n) is 6.27. The highest BCUT2D eigenvalue weighted by Crippen LogP contribution is 2.31. The normalized spacial score (nSPS) is 17.8. The van der Waals surface area contributed by atoms with Gasteiger partial charge in [0.15, 0.2) is 0 Å². The summed E-state index contributed by atoms with van der Waals surface area (Å²) in [5.41, 5.74) is 7.01. The van der Waals surface area contributed by atoms with Crippen molar-refractivity contribution in [2.24, 2.45) is 11.7 Å². The molecule has 0 bridgehead atoms. The Bertz CT molecular complexity index is 450. The average molecular weight is 341 g/mol. The second-order valence-corrected chi connectivity index (χ2v) is 6.27. The molecule has 1 aromatic rings. The van der Waals surface area contributed by atoms with Crippen LogP contribution in [0.3, 0.4) is 0 Å². The lowest BCUT2D eigenvalue weighted by atomic mass is 9.83. The molecule has 1 aliphatic rings. The monoisotopic (exact) mass is 340 g/mol. The molecule has 23 heavy (non-hydrogen) atoms. The molecule has 0 radical (unpaired) electrons. The molecule has 5 heteroatoms. The minimum atomic E-state index is -0.609. The van der Waals surface area contributed by atoms with Gasteiger partial charge in [-0.15, -0.1) is 12.4 Å². The smallest absolute Gasteiger partial charge is 0.239 e. The molecule has 2 atom stereocenters. The Kier molecular flexibility index (Phi) is 9.22. The standard InChI is InChI=1S/C18H28N2O2.ClH/c1-22-13-16(19)18(21)20-17(15-10-6-3-7-11-15)12-14-8-4-2-5-9-14;/h3,6-7,10-11,14,16-17H,2,4-5,8-9,12-13,19H2,1H3,(H,20,21);1H. The molecule has 3 N–H and O–H groups in total. The van der Waals surface area contributed by atoms with Gasteiger partial charge in [0.05, 0.1) is 12.6 Å². The summed E-state index contributed by atoms with van der Waals surface area (Å²) in [7, 11) is 1.56. The molecule has 0 heterocycles. The Morgan fingerprint density at radius 1 is 1.26 bits per heavy atom. The molecule has 0 saturated heterocycles. The van der Waals surface area contributed by atoms with Crippen LogP contribution in [0.25, 0.3) is 0 Å². The fourth-order valence-corrected chi connectivity index (χ4v) is 3.25. The largest absolute Gasteiger partial charge is 0.383 e.